The van der Waals surface area contributed by atoms with Gasteiger partial charge in [0.25, 0.3) is 11.7 Å². The first-order valence-electron chi connectivity index (χ1n) is 11.9. The molecule has 1 aliphatic rings. The van der Waals surface area contributed by atoms with Crippen LogP contribution < -0.4 is 4.74 Å². The van der Waals surface area contributed by atoms with Crippen LogP contribution in [0.5, 0.6) is 11.5 Å². The highest BCUT2D eigenvalue weighted by Crippen LogP contribution is 2.40. The first kappa shape index (κ1) is 25.3. The van der Waals surface area contributed by atoms with Gasteiger partial charge < -0.3 is 24.7 Å². The Morgan fingerprint density at radius 3 is 2.32 bits per heavy atom. The normalized spacial score (nSPS) is 17.6. The van der Waals surface area contributed by atoms with E-state index in [0.29, 0.717) is 36.6 Å². The Bertz CT molecular complexity index is 1060. The van der Waals surface area contributed by atoms with Gasteiger partial charge in [-0.3, -0.25) is 9.59 Å². The summed E-state index contributed by atoms with van der Waals surface area (Å²) >= 11 is 0. The minimum Gasteiger partial charge on any atom is -0.508 e. The molecule has 0 saturated carbocycles. The van der Waals surface area contributed by atoms with Gasteiger partial charge in [-0.1, -0.05) is 32.9 Å². The molecule has 1 aliphatic heterocycles. The number of likely N-dealkylation sites (N-methyl/N-ethyl adjacent to an activating group) is 1. The summed E-state index contributed by atoms with van der Waals surface area (Å²) in [5, 5.41) is 21.0. The third-order valence-corrected chi connectivity index (χ3v) is 6.21. The molecule has 0 aliphatic carbocycles. The van der Waals surface area contributed by atoms with E-state index in [1.807, 2.05) is 27.7 Å². The van der Waals surface area contributed by atoms with Crippen LogP contribution in [0.3, 0.4) is 0 Å². The van der Waals surface area contributed by atoms with E-state index in [4.69, 9.17) is 4.74 Å². The highest BCUT2D eigenvalue weighted by Gasteiger charge is 2.46. The average Bonchev–Trinajstić information content (AvgIpc) is 3.09. The zero-order chi connectivity index (χ0) is 24.8. The van der Waals surface area contributed by atoms with E-state index in [-0.39, 0.29) is 17.1 Å². The maximum Gasteiger partial charge on any atom is 0.295 e. The molecule has 7 heteroatoms. The predicted octanol–water partition coefficient (Wildman–Crippen LogP) is 4.25. The number of Topliss-reactive ketones (excluding diaryl/α,β-unsaturated/α-hetero) is 1. The lowest BCUT2D eigenvalue weighted by Crippen LogP contribution is -2.38. The zero-order valence-electron chi connectivity index (χ0n) is 20.4. The summed E-state index contributed by atoms with van der Waals surface area (Å²) in [6.45, 7) is 11.2. The van der Waals surface area contributed by atoms with Crippen molar-refractivity contribution in [3.63, 3.8) is 0 Å². The lowest BCUT2D eigenvalue weighted by molar-refractivity contribution is -0.140. The number of phenols is 1. The number of amides is 1. The minimum atomic E-state index is -0.743. The number of hydrogen-bond acceptors (Lipinski definition) is 6. The third kappa shape index (κ3) is 5.25. The summed E-state index contributed by atoms with van der Waals surface area (Å²) in [7, 11) is 0. The Labute approximate surface area is 201 Å². The number of benzene rings is 2. The van der Waals surface area contributed by atoms with Gasteiger partial charge >= 0.3 is 0 Å². The molecule has 1 atom stereocenters. The van der Waals surface area contributed by atoms with Crippen LogP contribution in [0.1, 0.15) is 49.9 Å². The van der Waals surface area contributed by atoms with E-state index in [1.165, 1.54) is 17.0 Å². The number of phenolic OH excluding ortho intramolecular Hbond substituents is 1. The summed E-state index contributed by atoms with van der Waals surface area (Å²) in [6, 6.07) is 10.9. The number of nitrogens with zero attached hydrogens (tertiary/aromatic N) is 2. The van der Waals surface area contributed by atoms with Crippen LogP contribution in [0.4, 0.5) is 0 Å². The fraction of sp³-hybridized carbons (Fsp3) is 0.407. The summed E-state index contributed by atoms with van der Waals surface area (Å²) in [5.74, 6) is -0.757. The van der Waals surface area contributed by atoms with Crippen LogP contribution in [-0.2, 0) is 9.59 Å². The van der Waals surface area contributed by atoms with Gasteiger partial charge in [0, 0.05) is 18.7 Å². The SMILES string of the molecule is CCCOc1ccc(/C(O)=C2/C(=O)C(=O)N(CCN(CC)CC)C2c2ccc(O)cc2)cc1C. The highest BCUT2D eigenvalue weighted by molar-refractivity contribution is 6.46. The van der Waals surface area contributed by atoms with Crippen LogP contribution >= 0.6 is 0 Å². The number of rotatable bonds is 10. The topological polar surface area (TPSA) is 90.3 Å². The molecule has 1 amide bonds. The summed E-state index contributed by atoms with van der Waals surface area (Å²) < 4.78 is 5.72. The number of ether oxygens (including phenoxy) is 1. The largest absolute Gasteiger partial charge is 0.508 e. The van der Waals surface area contributed by atoms with Crippen LogP contribution in [0.15, 0.2) is 48.0 Å². The number of aromatic hydroxyl groups is 1. The van der Waals surface area contributed by atoms with Gasteiger partial charge in [0.2, 0.25) is 0 Å². The molecule has 1 unspecified atom stereocenters. The van der Waals surface area contributed by atoms with Gasteiger partial charge in [-0.2, -0.15) is 0 Å². The molecule has 2 N–H and O–H groups in total. The number of ketones is 1. The monoisotopic (exact) mass is 466 g/mol. The first-order chi connectivity index (χ1) is 16.3. The number of aryl methyl sites for hydroxylation is 1. The van der Waals surface area contributed by atoms with E-state index in [0.717, 1.165) is 25.1 Å². The molecular weight excluding hydrogens is 432 g/mol. The summed E-state index contributed by atoms with van der Waals surface area (Å²) in [6.07, 6.45) is 0.880. The lowest BCUT2D eigenvalue weighted by atomic mass is 9.94. The maximum absolute atomic E-state index is 13.2. The Morgan fingerprint density at radius 1 is 1.06 bits per heavy atom. The Kier molecular flexibility index (Phi) is 8.34. The van der Waals surface area contributed by atoms with Crippen molar-refractivity contribution >= 4 is 17.4 Å². The van der Waals surface area contributed by atoms with Gasteiger partial charge in [-0.05, 0) is 67.9 Å². The molecule has 0 radical (unpaired) electrons. The second-order valence-electron chi connectivity index (χ2n) is 8.44. The van der Waals surface area contributed by atoms with E-state index in [1.54, 1.807) is 30.3 Å². The van der Waals surface area contributed by atoms with Crippen molar-refractivity contribution in [2.24, 2.45) is 0 Å². The van der Waals surface area contributed by atoms with E-state index in [9.17, 15) is 19.8 Å². The van der Waals surface area contributed by atoms with Crippen LogP contribution in [0.25, 0.3) is 5.76 Å². The first-order valence-corrected chi connectivity index (χ1v) is 11.9. The van der Waals surface area contributed by atoms with Gasteiger partial charge in [-0.25, -0.2) is 0 Å². The number of hydrogen-bond donors (Lipinski definition) is 2. The Hall–Kier alpha value is -3.32. The fourth-order valence-corrected chi connectivity index (χ4v) is 4.23. The van der Waals surface area contributed by atoms with E-state index >= 15 is 0 Å². The second-order valence-corrected chi connectivity index (χ2v) is 8.44. The van der Waals surface area contributed by atoms with Crippen LogP contribution in [0, 0.1) is 6.92 Å². The van der Waals surface area contributed by atoms with Crippen LogP contribution in [0.2, 0.25) is 0 Å². The maximum atomic E-state index is 13.2. The van der Waals surface area contributed by atoms with E-state index < -0.39 is 17.7 Å². The van der Waals surface area contributed by atoms with Crippen molar-refractivity contribution < 1.29 is 24.5 Å². The van der Waals surface area contributed by atoms with Crippen molar-refractivity contribution in [1.29, 1.82) is 0 Å². The van der Waals surface area contributed by atoms with Gasteiger partial charge in [0.05, 0.1) is 18.2 Å². The molecule has 2 aromatic carbocycles. The quantitative estimate of drug-likeness (QED) is 0.309. The smallest absolute Gasteiger partial charge is 0.295 e. The molecule has 3 rings (SSSR count). The van der Waals surface area contributed by atoms with Gasteiger partial charge in [0.15, 0.2) is 0 Å². The molecule has 1 heterocycles. The molecule has 34 heavy (non-hydrogen) atoms. The zero-order valence-corrected chi connectivity index (χ0v) is 20.4. The molecule has 1 saturated heterocycles. The molecule has 0 bridgehead atoms. The van der Waals surface area contributed by atoms with Crippen molar-refractivity contribution in [2.75, 3.05) is 32.8 Å². The number of aliphatic hydroxyl groups excluding tert-OH is 1. The highest BCUT2D eigenvalue weighted by atomic mass is 16.5. The van der Waals surface area contributed by atoms with Crippen molar-refractivity contribution in [3.05, 3.63) is 64.7 Å². The summed E-state index contributed by atoms with van der Waals surface area (Å²) in [4.78, 5) is 29.9. The van der Waals surface area contributed by atoms with Gasteiger partial charge in [0.1, 0.15) is 17.3 Å². The number of carbonyl (C=O) groups excluding carboxylic acids is 2. The van der Waals surface area contributed by atoms with Crippen molar-refractivity contribution in [2.45, 2.75) is 40.2 Å². The molecule has 182 valence electrons. The standard InChI is InChI=1S/C27H34N2O5/c1-5-16-34-22-13-10-20(17-18(22)4)25(31)23-24(19-8-11-21(30)12-9-19)29(27(33)26(23)32)15-14-28(6-2)7-3/h8-13,17,24,30-31H,5-7,14-16H2,1-4H3/b25-23-. The van der Waals surface area contributed by atoms with E-state index in [2.05, 4.69) is 4.90 Å². The summed E-state index contributed by atoms with van der Waals surface area (Å²) in [5.41, 5.74) is 1.98. The molecule has 1 fully saturated rings. The number of carbonyl (C=O) groups is 2. The number of aliphatic hydroxyl groups is 1. The van der Waals surface area contributed by atoms with Gasteiger partial charge in [-0.15, -0.1) is 0 Å². The average molecular weight is 467 g/mol. The Balaban J connectivity index is 2.06. The lowest BCUT2D eigenvalue weighted by Gasteiger charge is -2.28. The molecule has 7 nitrogen and oxygen atoms in total. The minimum absolute atomic E-state index is 0.0527. The molecule has 0 spiro atoms. The number of likely N-dealkylation sites (tertiary alicyclic amines) is 1. The molecular formula is C27H34N2O5. The van der Waals surface area contributed by atoms with Crippen LogP contribution in [-0.4, -0.2) is 64.5 Å². The Morgan fingerprint density at radius 2 is 1.74 bits per heavy atom. The second kappa shape index (κ2) is 11.2. The predicted molar refractivity (Wildman–Crippen MR) is 132 cm³/mol. The molecule has 0 aromatic heterocycles. The fourth-order valence-electron chi connectivity index (χ4n) is 4.23. The molecule has 2 aromatic rings. The van der Waals surface area contributed by atoms with Crippen molar-refractivity contribution in [3.8, 4) is 11.5 Å². The third-order valence-electron chi connectivity index (χ3n) is 6.21. The van der Waals surface area contributed by atoms with Crippen molar-refractivity contribution in [1.82, 2.24) is 9.80 Å².